The van der Waals surface area contributed by atoms with E-state index in [-0.39, 0.29) is 96.0 Å². The van der Waals surface area contributed by atoms with Gasteiger partial charge >= 0.3 is 0 Å². The molecule has 8 aliphatic carbocycles. The molecule has 0 spiro atoms. The van der Waals surface area contributed by atoms with Gasteiger partial charge in [-0.05, 0) is 177 Å². The molecule has 2 saturated heterocycles. The number of Topliss-reactive ketones (excluding diaryl/α,β-unsaturated/α-hetero) is 2. The predicted molar refractivity (Wildman–Crippen MR) is 318 cm³/mol. The Morgan fingerprint density at radius 1 is 0.713 bits per heavy atom. The van der Waals surface area contributed by atoms with Crippen LogP contribution in [-0.4, -0.2) is 124 Å². The van der Waals surface area contributed by atoms with E-state index < -0.39 is 80.2 Å². The van der Waals surface area contributed by atoms with E-state index in [0.29, 0.717) is 62.1 Å². The van der Waals surface area contributed by atoms with Gasteiger partial charge in [-0.1, -0.05) is 89.4 Å². The first-order valence-corrected chi connectivity index (χ1v) is 32.4. The molecule has 0 amide bonds. The fourth-order valence-corrected chi connectivity index (χ4v) is 20.5. The number of thioether (sulfide) groups is 2. The van der Waals surface area contributed by atoms with Gasteiger partial charge in [0.15, 0.2) is 34.5 Å². The molecule has 436 valence electrons. The van der Waals surface area contributed by atoms with Crippen molar-refractivity contribution in [3.05, 3.63) is 117 Å². The zero-order valence-electron chi connectivity index (χ0n) is 46.1. The van der Waals surface area contributed by atoms with Crippen molar-refractivity contribution in [3.63, 3.8) is 0 Å². The van der Waals surface area contributed by atoms with Crippen LogP contribution in [0.3, 0.4) is 0 Å². The highest BCUT2D eigenvalue weighted by Crippen LogP contribution is 2.76. The van der Waals surface area contributed by atoms with Crippen LogP contribution >= 0.6 is 75.1 Å². The molecule has 8 fully saturated rings. The topological polar surface area (TPSA) is 124 Å². The third-order valence-corrected chi connectivity index (χ3v) is 24.4. The van der Waals surface area contributed by atoms with Crippen LogP contribution in [-0.2, 0) is 31.1 Å². The summed E-state index contributed by atoms with van der Waals surface area (Å²) in [5.41, 5.74) is -7.07. The Kier molecular flexibility index (Phi) is 17.5. The van der Waals surface area contributed by atoms with Gasteiger partial charge in [0.1, 0.15) is 12.3 Å². The van der Waals surface area contributed by atoms with Crippen LogP contribution in [0.5, 0.6) is 0 Å². The van der Waals surface area contributed by atoms with Gasteiger partial charge in [0.05, 0.1) is 34.5 Å². The number of halogens is 8. The second kappa shape index (κ2) is 22.5. The predicted octanol–water partition coefficient (Wildman–Crippen LogP) is 12.3. The SMILES string of the molecule is CSCC(=O)[C@@]12CN(Cc3cccc(Cl)c3)C[C@@H]1C[C@H]1[C@@H]3C[C@H](F)C4=CC(=O)C=C[C@]4(C)[C@@]3(F)[C@@H](O)C[C@@]12C.CSCC(=O)[C@@]12CNC[C@@H]1C[C@H]1[C@@H]3C[C@H](F)C4=CC(=O)C=C[C@]4(C)[C@@]3(F)[C@@H](O)C[C@@]12C.Cl.Clc1cccc(CBr)c1. The second-order valence-electron chi connectivity index (χ2n) is 25.4. The first-order chi connectivity index (χ1) is 37.3. The van der Waals surface area contributed by atoms with E-state index in [4.69, 9.17) is 23.2 Å². The molecule has 0 unspecified atom stereocenters. The molecule has 0 bridgehead atoms. The first kappa shape index (κ1) is 62.2. The molecule has 2 aromatic carbocycles. The number of ketones is 4. The number of allylic oxidation sites excluding steroid dienone is 8. The molecule has 0 aromatic heterocycles. The van der Waals surface area contributed by atoms with E-state index in [9.17, 15) is 29.4 Å². The number of alkyl halides is 5. The molecular formula is C62H74BrCl3F4N2O6S2. The standard InChI is InChI=1S/C31H36ClF2NO3S.C24H31F2NO3S.C7H6BrCl.ClH/c1-28-8-7-21(36)11-24(28)25(33)12-23-22-10-19-15-35(14-18-5-4-6-20(32)9-18)17-30(19,27(38)16-39-3)29(22,2)13-26(37)31(23,28)34;1-21-5-4-14(28)7-17(21)18(25)8-16-15-6-13-10-27-12-23(13,20(30)11-31-3)22(15,2)9-19(29)24(16,21)26;8-5-6-2-1-3-7(9)4-6;/h4-9,11,19,22-23,25-26,37H,10,12-17H2,1-3H3;4-5,7,13,15-16,18-19,27,29H,6,8-12H2,1-3H3;1-4H,5H2;1H/t19-,22-,23-,25-,26-,28-,29-,30+,31-;13-,15-,16-,18-,19-,21-,22-,23+,24-;;/m00../s1. The minimum absolute atomic E-state index is 0. The number of hydrogen-bond acceptors (Lipinski definition) is 10. The lowest BCUT2D eigenvalue weighted by Gasteiger charge is -2.63. The molecule has 80 heavy (non-hydrogen) atoms. The van der Waals surface area contributed by atoms with E-state index in [0.717, 1.165) is 15.9 Å². The first-order valence-electron chi connectivity index (χ1n) is 27.7. The van der Waals surface area contributed by atoms with Gasteiger partial charge < -0.3 is 15.5 Å². The molecular weight excluding hydrogens is 1200 g/mol. The van der Waals surface area contributed by atoms with Crippen molar-refractivity contribution < 1.29 is 47.0 Å². The number of benzene rings is 2. The van der Waals surface area contributed by atoms with Crippen molar-refractivity contribution in [3.8, 4) is 0 Å². The lowest BCUT2D eigenvalue weighted by atomic mass is 9.43. The average Bonchev–Trinajstić information content (AvgIpc) is 4.28. The van der Waals surface area contributed by atoms with E-state index in [1.165, 1.54) is 65.5 Å². The van der Waals surface area contributed by atoms with Gasteiger partial charge in [-0.3, -0.25) is 24.1 Å². The maximum atomic E-state index is 17.6. The number of nitrogens with zero attached hydrogens (tertiary/aromatic N) is 1. The normalized spacial score (nSPS) is 43.4. The Hall–Kier alpha value is -2.31. The third kappa shape index (κ3) is 9.08. The zero-order valence-corrected chi connectivity index (χ0v) is 51.6. The van der Waals surface area contributed by atoms with E-state index in [1.54, 1.807) is 13.8 Å². The van der Waals surface area contributed by atoms with Gasteiger partial charge in [0, 0.05) is 64.2 Å². The Morgan fingerprint density at radius 3 is 1.65 bits per heavy atom. The lowest BCUT2D eigenvalue weighted by Crippen LogP contribution is -2.69. The maximum Gasteiger partial charge on any atom is 0.178 e. The van der Waals surface area contributed by atoms with Gasteiger partial charge in [-0.15, -0.1) is 12.4 Å². The summed E-state index contributed by atoms with van der Waals surface area (Å²) in [5, 5.41) is 28.8. The number of likely N-dealkylation sites (tertiary alicyclic amines) is 1. The number of fused-ring (bicyclic) bond motifs is 14. The molecule has 8 nitrogen and oxygen atoms in total. The number of aliphatic hydroxyl groups excluding tert-OH is 2. The van der Waals surface area contributed by atoms with E-state index >= 15 is 17.6 Å². The Bertz CT molecular complexity index is 2940. The Labute approximate surface area is 501 Å². The largest absolute Gasteiger partial charge is 0.390 e. The number of nitrogens with one attached hydrogen (secondary N) is 1. The zero-order chi connectivity index (χ0) is 57.0. The number of aliphatic hydroxyl groups is 2. The molecule has 0 radical (unpaired) electrons. The van der Waals surface area contributed by atoms with Crippen molar-refractivity contribution in [2.45, 2.75) is 114 Å². The minimum Gasteiger partial charge on any atom is -0.390 e. The second-order valence-corrected chi connectivity index (χ2v) is 28.6. The molecule has 12 rings (SSSR count). The van der Waals surface area contributed by atoms with Crippen LogP contribution in [0, 0.1) is 68.0 Å². The summed E-state index contributed by atoms with van der Waals surface area (Å²) < 4.78 is 66.0. The van der Waals surface area contributed by atoms with Crippen LogP contribution in [0.1, 0.15) is 77.3 Å². The van der Waals surface area contributed by atoms with Crippen molar-refractivity contribution in [1.29, 1.82) is 0 Å². The highest BCUT2D eigenvalue weighted by atomic mass is 79.9. The van der Waals surface area contributed by atoms with Gasteiger partial charge in [0.2, 0.25) is 0 Å². The third-order valence-electron chi connectivity index (χ3n) is 22.2. The van der Waals surface area contributed by atoms with E-state index in [1.807, 2.05) is 68.0 Å². The van der Waals surface area contributed by atoms with E-state index in [2.05, 4.69) is 33.1 Å². The molecule has 6 saturated carbocycles. The lowest BCUT2D eigenvalue weighted by molar-refractivity contribution is -0.211. The molecule has 2 aromatic rings. The van der Waals surface area contributed by atoms with Crippen LogP contribution in [0.4, 0.5) is 17.6 Å². The summed E-state index contributed by atoms with van der Waals surface area (Å²) in [7, 11) is 0. The fourth-order valence-electron chi connectivity index (χ4n) is 18.7. The van der Waals surface area contributed by atoms with Crippen LogP contribution in [0.2, 0.25) is 10.0 Å². The van der Waals surface area contributed by atoms with Crippen molar-refractivity contribution in [2.75, 3.05) is 50.2 Å². The van der Waals surface area contributed by atoms with Crippen LogP contribution < -0.4 is 5.32 Å². The van der Waals surface area contributed by atoms with Gasteiger partial charge in [0.25, 0.3) is 0 Å². The summed E-state index contributed by atoms with van der Waals surface area (Å²) >= 11 is 18.3. The highest BCUT2D eigenvalue weighted by Gasteiger charge is 2.80. The molecule has 3 N–H and O–H groups in total. The summed E-state index contributed by atoms with van der Waals surface area (Å²) in [5.74, 6) is -1.46. The molecule has 18 atom stereocenters. The van der Waals surface area contributed by atoms with Crippen molar-refractivity contribution in [2.24, 2.45) is 68.0 Å². The smallest absolute Gasteiger partial charge is 0.178 e. The fraction of sp³-hybridized carbons (Fsp3) is 0.613. The highest BCUT2D eigenvalue weighted by molar-refractivity contribution is 9.08. The molecule has 2 heterocycles. The number of hydrogen-bond donors (Lipinski definition) is 3. The van der Waals surface area contributed by atoms with Crippen molar-refractivity contribution in [1.82, 2.24) is 10.2 Å². The maximum absolute atomic E-state index is 17.6. The summed E-state index contributed by atoms with van der Waals surface area (Å²) in [4.78, 5) is 53.9. The number of rotatable bonds is 9. The summed E-state index contributed by atoms with van der Waals surface area (Å²) in [6, 6.07) is 15.5. The number of carbonyl (C=O) groups excluding carboxylic acids is 4. The van der Waals surface area contributed by atoms with Gasteiger partial charge in [-0.25, -0.2) is 17.6 Å². The monoisotopic (exact) mass is 1270 g/mol. The van der Waals surface area contributed by atoms with Crippen molar-refractivity contribution >= 4 is 98.2 Å². The Morgan fingerprint density at radius 2 is 1.18 bits per heavy atom. The average molecular weight is 1270 g/mol. The molecule has 10 aliphatic rings. The molecule has 18 heteroatoms. The molecule has 2 aliphatic heterocycles. The minimum atomic E-state index is -2.12. The quantitative estimate of drug-likeness (QED) is 0.165. The summed E-state index contributed by atoms with van der Waals surface area (Å²) in [6.07, 6.45) is 7.66. The van der Waals surface area contributed by atoms with Gasteiger partial charge in [-0.2, -0.15) is 23.5 Å². The van der Waals surface area contributed by atoms with Crippen LogP contribution in [0.25, 0.3) is 0 Å². The summed E-state index contributed by atoms with van der Waals surface area (Å²) in [6.45, 7) is 10.5. The van der Waals surface area contributed by atoms with Crippen LogP contribution in [0.15, 0.2) is 96.1 Å². The Balaban J connectivity index is 0.000000168. The number of carbonyl (C=O) groups is 4.